The predicted octanol–water partition coefficient (Wildman–Crippen LogP) is 0.863. The van der Waals surface area contributed by atoms with Crippen molar-refractivity contribution >= 4 is 5.91 Å². The Hall–Kier alpha value is -3.07. The molecule has 0 aliphatic carbocycles. The molecule has 1 saturated heterocycles. The van der Waals surface area contributed by atoms with Crippen LogP contribution in [0.2, 0.25) is 0 Å². The van der Waals surface area contributed by atoms with Gasteiger partial charge in [-0.05, 0) is 30.3 Å². The monoisotopic (exact) mass is 342 g/mol. The molecular weight excluding hydrogens is 327 g/mol. The van der Waals surface area contributed by atoms with Crippen LogP contribution in [0.15, 0.2) is 42.7 Å². The highest BCUT2D eigenvalue weighted by Crippen LogP contribution is 2.30. The third-order valence-electron chi connectivity index (χ3n) is 4.33. The summed E-state index contributed by atoms with van der Waals surface area (Å²) >= 11 is 0. The second kappa shape index (κ2) is 5.78. The van der Waals surface area contributed by atoms with E-state index in [4.69, 9.17) is 0 Å². The van der Waals surface area contributed by atoms with Crippen molar-refractivity contribution in [3.8, 4) is 5.69 Å². The van der Waals surface area contributed by atoms with Gasteiger partial charge in [0, 0.05) is 19.2 Å². The summed E-state index contributed by atoms with van der Waals surface area (Å²) in [7, 11) is 0. The maximum absolute atomic E-state index is 13.0. The highest BCUT2D eigenvalue weighted by Gasteiger charge is 2.42. The van der Waals surface area contributed by atoms with E-state index in [1.54, 1.807) is 24.4 Å². The maximum atomic E-state index is 13.0. The number of aliphatic hydroxyl groups is 1. The van der Waals surface area contributed by atoms with Crippen molar-refractivity contribution in [3.05, 3.63) is 59.9 Å². The lowest BCUT2D eigenvalue weighted by atomic mass is 10.00. The molecule has 1 atom stereocenters. The molecule has 3 heterocycles. The highest BCUT2D eigenvalue weighted by molar-refractivity contribution is 5.92. The van der Waals surface area contributed by atoms with Gasteiger partial charge in [-0.1, -0.05) is 0 Å². The number of benzene rings is 1. The zero-order valence-electron chi connectivity index (χ0n) is 13.1. The first kappa shape index (κ1) is 15.5. The van der Waals surface area contributed by atoms with Gasteiger partial charge in [0.05, 0.1) is 18.4 Å². The van der Waals surface area contributed by atoms with E-state index in [2.05, 4.69) is 20.5 Å². The largest absolute Gasteiger partial charge is 0.381 e. The number of β-amino-alcohol motifs (C(OH)–C–C–N with tert-alkyl or cyclic N) is 1. The lowest BCUT2D eigenvalue weighted by Gasteiger charge is -2.20. The lowest BCUT2D eigenvalue weighted by Crippen LogP contribution is -2.34. The molecule has 1 amide bonds. The standard InChI is InChI=1S/C16H15FN6O2/c17-11-1-3-12(4-2-11)23-7-5-13(20-23)15(24)22-8-6-16(25,10-22)14-9-18-21-19-14/h1-5,7,9,25H,6,8,10H2,(H,18,19,21). The summed E-state index contributed by atoms with van der Waals surface area (Å²) in [6.45, 7) is 0.521. The number of amides is 1. The molecule has 1 aromatic carbocycles. The van der Waals surface area contributed by atoms with Gasteiger partial charge in [0.2, 0.25) is 0 Å². The number of halogens is 1. The van der Waals surface area contributed by atoms with Gasteiger partial charge in [-0.15, -0.1) is 0 Å². The van der Waals surface area contributed by atoms with E-state index in [0.717, 1.165) is 0 Å². The van der Waals surface area contributed by atoms with Crippen LogP contribution < -0.4 is 0 Å². The van der Waals surface area contributed by atoms with E-state index in [9.17, 15) is 14.3 Å². The quantitative estimate of drug-likeness (QED) is 0.735. The number of carbonyl (C=O) groups excluding carboxylic acids is 1. The summed E-state index contributed by atoms with van der Waals surface area (Å²) in [6.07, 6.45) is 3.47. The molecule has 8 nitrogen and oxygen atoms in total. The molecule has 128 valence electrons. The Morgan fingerprint density at radius 1 is 1.28 bits per heavy atom. The molecule has 25 heavy (non-hydrogen) atoms. The Kier molecular flexibility index (Phi) is 3.57. The summed E-state index contributed by atoms with van der Waals surface area (Å²) in [6, 6.07) is 7.42. The zero-order valence-corrected chi connectivity index (χ0v) is 13.1. The predicted molar refractivity (Wildman–Crippen MR) is 84.3 cm³/mol. The number of aromatic nitrogens is 5. The minimum atomic E-state index is -1.21. The summed E-state index contributed by atoms with van der Waals surface area (Å²) in [5, 5.41) is 25.0. The van der Waals surface area contributed by atoms with E-state index in [1.165, 1.54) is 27.9 Å². The number of aromatic amines is 1. The van der Waals surface area contributed by atoms with Crippen LogP contribution in [0.3, 0.4) is 0 Å². The van der Waals surface area contributed by atoms with Crippen molar-refractivity contribution in [3.63, 3.8) is 0 Å². The fourth-order valence-corrected chi connectivity index (χ4v) is 2.94. The number of rotatable bonds is 3. The molecule has 3 aromatic rings. The van der Waals surface area contributed by atoms with Gasteiger partial charge < -0.3 is 10.0 Å². The minimum Gasteiger partial charge on any atom is -0.381 e. The number of nitrogens with one attached hydrogen (secondary N) is 1. The number of nitrogens with zero attached hydrogens (tertiary/aromatic N) is 5. The molecule has 2 N–H and O–H groups in total. The maximum Gasteiger partial charge on any atom is 0.274 e. The van der Waals surface area contributed by atoms with Gasteiger partial charge >= 0.3 is 0 Å². The van der Waals surface area contributed by atoms with Crippen LogP contribution in [0.4, 0.5) is 4.39 Å². The van der Waals surface area contributed by atoms with Crippen LogP contribution in [-0.4, -0.2) is 54.2 Å². The Morgan fingerprint density at radius 2 is 2.08 bits per heavy atom. The first-order chi connectivity index (χ1) is 12.0. The van der Waals surface area contributed by atoms with E-state index < -0.39 is 5.60 Å². The van der Waals surface area contributed by atoms with Gasteiger partial charge in [-0.25, -0.2) is 9.07 Å². The molecule has 1 unspecified atom stereocenters. The van der Waals surface area contributed by atoms with Crippen molar-refractivity contribution in [2.75, 3.05) is 13.1 Å². The molecule has 9 heteroatoms. The topological polar surface area (TPSA) is 99.9 Å². The summed E-state index contributed by atoms with van der Waals surface area (Å²) in [5.74, 6) is -0.614. The molecule has 0 radical (unpaired) electrons. The number of carbonyl (C=O) groups is 1. The van der Waals surface area contributed by atoms with Gasteiger partial charge in [-0.3, -0.25) is 4.79 Å². The Bertz CT molecular complexity index is 892. The Balaban J connectivity index is 1.51. The second-order valence-corrected chi connectivity index (χ2v) is 5.99. The van der Waals surface area contributed by atoms with Gasteiger partial charge in [-0.2, -0.15) is 20.5 Å². The molecule has 1 aliphatic heterocycles. The Morgan fingerprint density at radius 3 is 2.80 bits per heavy atom. The van der Waals surface area contributed by atoms with Gasteiger partial charge in [0.15, 0.2) is 5.69 Å². The first-order valence-corrected chi connectivity index (χ1v) is 7.75. The van der Waals surface area contributed by atoms with Crippen LogP contribution in [0, 0.1) is 5.82 Å². The zero-order chi connectivity index (χ0) is 17.4. The van der Waals surface area contributed by atoms with Crippen molar-refractivity contribution in [2.45, 2.75) is 12.0 Å². The molecule has 0 spiro atoms. The molecule has 1 aliphatic rings. The van der Waals surface area contributed by atoms with Crippen molar-refractivity contribution in [1.29, 1.82) is 0 Å². The van der Waals surface area contributed by atoms with Crippen LogP contribution in [0.5, 0.6) is 0 Å². The summed E-state index contributed by atoms with van der Waals surface area (Å²) in [5.41, 5.74) is 0.122. The normalized spacial score (nSPS) is 20.2. The van der Waals surface area contributed by atoms with Gasteiger partial charge in [0.1, 0.15) is 17.1 Å². The molecular formula is C16H15FN6O2. The number of hydrogen-bond donors (Lipinski definition) is 2. The molecule has 0 bridgehead atoms. The smallest absolute Gasteiger partial charge is 0.274 e. The minimum absolute atomic E-state index is 0.127. The molecule has 2 aromatic heterocycles. The fraction of sp³-hybridized carbons (Fsp3) is 0.250. The average Bonchev–Trinajstić information content (AvgIpc) is 3.36. The number of H-pyrrole nitrogens is 1. The van der Waals surface area contributed by atoms with Crippen LogP contribution in [0.25, 0.3) is 5.69 Å². The molecule has 1 fully saturated rings. The van der Waals surface area contributed by atoms with Crippen molar-refractivity contribution in [1.82, 2.24) is 30.1 Å². The van der Waals surface area contributed by atoms with Crippen LogP contribution in [-0.2, 0) is 5.60 Å². The first-order valence-electron chi connectivity index (χ1n) is 7.75. The third-order valence-corrected chi connectivity index (χ3v) is 4.33. The number of hydrogen-bond acceptors (Lipinski definition) is 5. The van der Waals surface area contributed by atoms with E-state index >= 15 is 0 Å². The SMILES string of the molecule is O=C(c1ccn(-c2ccc(F)cc2)n1)N1CCC(O)(c2cn[nH]n2)C1. The van der Waals surface area contributed by atoms with E-state index in [0.29, 0.717) is 24.3 Å². The van der Waals surface area contributed by atoms with E-state index in [1.807, 2.05) is 0 Å². The van der Waals surface area contributed by atoms with E-state index in [-0.39, 0.29) is 24.0 Å². The average molecular weight is 342 g/mol. The third kappa shape index (κ3) is 2.78. The summed E-state index contributed by atoms with van der Waals surface area (Å²) in [4.78, 5) is 14.2. The molecule has 4 rings (SSSR count). The van der Waals surface area contributed by atoms with Crippen molar-refractivity contribution < 1.29 is 14.3 Å². The second-order valence-electron chi connectivity index (χ2n) is 5.99. The van der Waals surface area contributed by atoms with Crippen molar-refractivity contribution in [2.24, 2.45) is 0 Å². The summed E-state index contributed by atoms with van der Waals surface area (Å²) < 4.78 is 14.5. The van der Waals surface area contributed by atoms with Crippen LogP contribution >= 0.6 is 0 Å². The Labute approximate surface area is 141 Å². The molecule has 0 saturated carbocycles. The van der Waals surface area contributed by atoms with Crippen LogP contribution in [0.1, 0.15) is 22.6 Å². The number of likely N-dealkylation sites (tertiary alicyclic amines) is 1. The van der Waals surface area contributed by atoms with Gasteiger partial charge in [0.25, 0.3) is 5.91 Å². The highest BCUT2D eigenvalue weighted by atomic mass is 19.1. The fourth-order valence-electron chi connectivity index (χ4n) is 2.94. The lowest BCUT2D eigenvalue weighted by molar-refractivity contribution is 0.0380.